The molecule has 0 bridgehead atoms. The number of aryl methyl sites for hydroxylation is 2. The molecule has 5 heteroatoms. The van der Waals surface area contributed by atoms with Crippen LogP contribution in [0.3, 0.4) is 0 Å². The van der Waals surface area contributed by atoms with E-state index in [-0.39, 0.29) is 0 Å². The third-order valence-corrected chi connectivity index (χ3v) is 4.33. The van der Waals surface area contributed by atoms with Gasteiger partial charge in [0, 0.05) is 17.0 Å². The molecule has 4 nitrogen and oxygen atoms in total. The van der Waals surface area contributed by atoms with Gasteiger partial charge in [-0.2, -0.15) is 0 Å². The number of furan rings is 1. The van der Waals surface area contributed by atoms with Crippen molar-refractivity contribution in [1.82, 2.24) is 9.38 Å². The van der Waals surface area contributed by atoms with Gasteiger partial charge in [0.15, 0.2) is 10.7 Å². The second-order valence-corrected chi connectivity index (χ2v) is 5.68. The van der Waals surface area contributed by atoms with Crippen molar-refractivity contribution in [2.75, 3.05) is 6.54 Å². The first-order valence-electron chi connectivity index (χ1n) is 6.49. The molecule has 19 heavy (non-hydrogen) atoms. The molecule has 0 aliphatic carbocycles. The molecular formula is C14H17N3OS. The zero-order valence-corrected chi connectivity index (χ0v) is 12.0. The SMILES string of the molecule is CCc1c(C)sc2nc(-c3ccco3)c(CCN)n12. The summed E-state index contributed by atoms with van der Waals surface area (Å²) in [7, 11) is 0. The molecule has 100 valence electrons. The molecule has 0 radical (unpaired) electrons. The maximum absolute atomic E-state index is 5.76. The first-order chi connectivity index (χ1) is 9.26. The lowest BCUT2D eigenvalue weighted by atomic mass is 10.2. The van der Waals surface area contributed by atoms with Gasteiger partial charge in [0.05, 0.1) is 12.0 Å². The van der Waals surface area contributed by atoms with Gasteiger partial charge in [0.25, 0.3) is 0 Å². The van der Waals surface area contributed by atoms with E-state index in [0.29, 0.717) is 6.54 Å². The molecule has 0 aliphatic heterocycles. The molecule has 0 amide bonds. The van der Waals surface area contributed by atoms with Crippen molar-refractivity contribution in [3.05, 3.63) is 34.7 Å². The molecule has 3 aromatic rings. The Labute approximate surface area is 115 Å². The number of fused-ring (bicyclic) bond motifs is 1. The molecule has 0 aliphatic rings. The molecule has 0 unspecified atom stereocenters. The Morgan fingerprint density at radius 2 is 2.26 bits per heavy atom. The molecule has 0 aromatic carbocycles. The largest absolute Gasteiger partial charge is 0.463 e. The molecule has 2 N–H and O–H groups in total. The monoisotopic (exact) mass is 275 g/mol. The van der Waals surface area contributed by atoms with Crippen LogP contribution in [0, 0.1) is 6.92 Å². The number of imidazole rings is 1. The second-order valence-electron chi connectivity index (χ2n) is 4.50. The minimum Gasteiger partial charge on any atom is -0.463 e. The van der Waals surface area contributed by atoms with Crippen LogP contribution in [0.4, 0.5) is 0 Å². The highest BCUT2D eigenvalue weighted by Gasteiger charge is 2.20. The molecule has 3 heterocycles. The summed E-state index contributed by atoms with van der Waals surface area (Å²) in [5, 5.41) is 0. The van der Waals surface area contributed by atoms with Crippen molar-refractivity contribution in [3.8, 4) is 11.5 Å². The third-order valence-electron chi connectivity index (χ3n) is 3.33. The highest BCUT2D eigenvalue weighted by Crippen LogP contribution is 2.31. The van der Waals surface area contributed by atoms with E-state index in [4.69, 9.17) is 15.1 Å². The number of rotatable bonds is 4. The molecule has 3 rings (SSSR count). The fraction of sp³-hybridized carbons (Fsp3) is 0.357. The Bertz CT molecular complexity index is 694. The summed E-state index contributed by atoms with van der Waals surface area (Å²) < 4.78 is 7.75. The van der Waals surface area contributed by atoms with Crippen molar-refractivity contribution >= 4 is 16.3 Å². The van der Waals surface area contributed by atoms with Gasteiger partial charge < -0.3 is 10.2 Å². The Balaban J connectivity index is 2.29. The van der Waals surface area contributed by atoms with E-state index in [0.717, 1.165) is 35.0 Å². The Kier molecular flexibility index (Phi) is 3.16. The Morgan fingerprint density at radius 3 is 2.89 bits per heavy atom. The zero-order valence-electron chi connectivity index (χ0n) is 11.1. The van der Waals surface area contributed by atoms with Gasteiger partial charge in [-0.25, -0.2) is 4.98 Å². The van der Waals surface area contributed by atoms with Gasteiger partial charge in [-0.15, -0.1) is 11.3 Å². The van der Waals surface area contributed by atoms with Crippen LogP contribution >= 0.6 is 11.3 Å². The van der Waals surface area contributed by atoms with Crippen LogP contribution in [0.2, 0.25) is 0 Å². The van der Waals surface area contributed by atoms with Crippen LogP contribution in [-0.4, -0.2) is 15.9 Å². The molecule has 0 fully saturated rings. The number of nitrogens with two attached hydrogens (primary N) is 1. The number of hydrogen-bond acceptors (Lipinski definition) is 4. The fourth-order valence-electron chi connectivity index (χ4n) is 2.52. The second kappa shape index (κ2) is 4.83. The third kappa shape index (κ3) is 1.89. The average molecular weight is 275 g/mol. The number of aromatic nitrogens is 2. The maximum Gasteiger partial charge on any atom is 0.195 e. The number of hydrogen-bond donors (Lipinski definition) is 1. The van der Waals surface area contributed by atoms with E-state index in [2.05, 4.69) is 18.2 Å². The molecular weight excluding hydrogens is 258 g/mol. The summed E-state index contributed by atoms with van der Waals surface area (Å²) in [6.45, 7) is 4.93. The molecule has 3 aromatic heterocycles. The minimum absolute atomic E-state index is 0.611. The molecule has 0 saturated carbocycles. The van der Waals surface area contributed by atoms with Gasteiger partial charge in [-0.05, 0) is 32.0 Å². The summed E-state index contributed by atoms with van der Waals surface area (Å²) in [6, 6.07) is 3.84. The first kappa shape index (κ1) is 12.4. The minimum atomic E-state index is 0.611. The first-order valence-corrected chi connectivity index (χ1v) is 7.31. The van der Waals surface area contributed by atoms with Crippen LogP contribution in [0.15, 0.2) is 22.8 Å². The van der Waals surface area contributed by atoms with Gasteiger partial charge in [-0.3, -0.25) is 4.40 Å². The molecule has 0 spiro atoms. The lowest BCUT2D eigenvalue weighted by molar-refractivity contribution is 0.579. The molecule has 0 atom stereocenters. The van der Waals surface area contributed by atoms with E-state index in [1.807, 2.05) is 12.1 Å². The van der Waals surface area contributed by atoms with Crippen molar-refractivity contribution < 1.29 is 4.42 Å². The highest BCUT2D eigenvalue weighted by atomic mass is 32.1. The maximum atomic E-state index is 5.76. The zero-order chi connectivity index (χ0) is 13.4. The van der Waals surface area contributed by atoms with E-state index in [1.165, 1.54) is 10.6 Å². The van der Waals surface area contributed by atoms with Crippen LogP contribution in [0.25, 0.3) is 16.4 Å². The van der Waals surface area contributed by atoms with Gasteiger partial charge in [-0.1, -0.05) is 6.92 Å². The van der Waals surface area contributed by atoms with E-state index in [9.17, 15) is 0 Å². The average Bonchev–Trinajstić information content (AvgIpc) is 3.06. The van der Waals surface area contributed by atoms with Gasteiger partial charge in [0.1, 0.15) is 5.69 Å². The smallest absolute Gasteiger partial charge is 0.195 e. The van der Waals surface area contributed by atoms with Crippen molar-refractivity contribution in [3.63, 3.8) is 0 Å². The quantitative estimate of drug-likeness (QED) is 0.796. The van der Waals surface area contributed by atoms with E-state index in [1.54, 1.807) is 17.6 Å². The van der Waals surface area contributed by atoms with E-state index >= 15 is 0 Å². The summed E-state index contributed by atoms with van der Waals surface area (Å²) in [4.78, 5) is 7.10. The Morgan fingerprint density at radius 1 is 1.42 bits per heavy atom. The fourth-order valence-corrected chi connectivity index (χ4v) is 3.59. The highest BCUT2D eigenvalue weighted by molar-refractivity contribution is 7.17. The van der Waals surface area contributed by atoms with Crippen LogP contribution in [-0.2, 0) is 12.8 Å². The van der Waals surface area contributed by atoms with Gasteiger partial charge in [0.2, 0.25) is 0 Å². The summed E-state index contributed by atoms with van der Waals surface area (Å²) in [5.41, 5.74) is 9.18. The topological polar surface area (TPSA) is 56.5 Å². The van der Waals surface area contributed by atoms with Crippen molar-refractivity contribution in [1.29, 1.82) is 0 Å². The predicted octanol–water partition coefficient (Wildman–Crippen LogP) is 3.03. The number of thiazole rings is 1. The van der Waals surface area contributed by atoms with Crippen molar-refractivity contribution in [2.24, 2.45) is 5.73 Å². The van der Waals surface area contributed by atoms with E-state index < -0.39 is 0 Å². The molecule has 0 saturated heterocycles. The Hall–Kier alpha value is -1.59. The number of nitrogens with zero attached hydrogens (tertiary/aromatic N) is 2. The van der Waals surface area contributed by atoms with Crippen LogP contribution in [0.5, 0.6) is 0 Å². The lowest BCUT2D eigenvalue weighted by Gasteiger charge is -2.04. The summed E-state index contributed by atoms with van der Waals surface area (Å²) in [5.74, 6) is 0.819. The van der Waals surface area contributed by atoms with Crippen LogP contribution in [0.1, 0.15) is 23.2 Å². The van der Waals surface area contributed by atoms with Gasteiger partial charge >= 0.3 is 0 Å². The lowest BCUT2D eigenvalue weighted by Crippen LogP contribution is -2.07. The predicted molar refractivity (Wildman–Crippen MR) is 77.6 cm³/mol. The normalized spacial score (nSPS) is 11.5. The standard InChI is InChI=1S/C14H17N3OS/c1-3-10-9(2)19-14-16-13(12-5-4-8-18-12)11(6-7-15)17(10)14/h4-5,8H,3,6-7,15H2,1-2H3. The van der Waals surface area contributed by atoms with Crippen molar-refractivity contribution in [2.45, 2.75) is 26.7 Å². The van der Waals surface area contributed by atoms with Crippen LogP contribution < -0.4 is 5.73 Å². The summed E-state index contributed by atoms with van der Waals surface area (Å²) in [6.07, 6.45) is 3.48. The summed E-state index contributed by atoms with van der Waals surface area (Å²) >= 11 is 1.73.